The van der Waals surface area contributed by atoms with E-state index in [9.17, 15) is 14.4 Å². The summed E-state index contributed by atoms with van der Waals surface area (Å²) >= 11 is 0. The number of hydrogen-bond acceptors (Lipinski definition) is 6. The average Bonchev–Trinajstić information content (AvgIpc) is 2.54. The van der Waals surface area contributed by atoms with E-state index in [1.54, 1.807) is 24.3 Å². The maximum atomic E-state index is 11.8. The van der Waals surface area contributed by atoms with E-state index in [2.05, 4.69) is 15.4 Å². The van der Waals surface area contributed by atoms with Gasteiger partial charge in [0.1, 0.15) is 17.7 Å². The molecule has 0 fully saturated rings. The molecule has 1 amide bonds. The number of carboxylic acid groups (broad SMARTS) is 1. The number of amides is 1. The molecule has 0 spiro atoms. The molecule has 0 aliphatic carbocycles. The van der Waals surface area contributed by atoms with Gasteiger partial charge in [0.05, 0.1) is 18.4 Å². The van der Waals surface area contributed by atoms with Gasteiger partial charge in [0.2, 0.25) is 0 Å². The monoisotopic (exact) mass is 317 g/mol. The molecule has 0 radical (unpaired) electrons. The van der Waals surface area contributed by atoms with Gasteiger partial charge in [-0.3, -0.25) is 9.59 Å². The summed E-state index contributed by atoms with van der Waals surface area (Å²) in [5.41, 5.74) is 0.229. The van der Waals surface area contributed by atoms with Crippen molar-refractivity contribution in [2.75, 3.05) is 12.4 Å². The fourth-order valence-electron chi connectivity index (χ4n) is 1.53. The van der Waals surface area contributed by atoms with Gasteiger partial charge in [-0.15, -0.1) is 0 Å². The number of nitrogens with one attached hydrogen (secondary N) is 2. The number of esters is 1. The molecule has 3 N–H and O–H groups in total. The molecule has 0 saturated carbocycles. The highest BCUT2D eigenvalue weighted by atomic mass is 16.5. The van der Waals surface area contributed by atoms with Gasteiger partial charge in [-0.2, -0.15) is 5.26 Å². The van der Waals surface area contributed by atoms with Gasteiger partial charge in [0, 0.05) is 6.20 Å². The second-order valence-electron chi connectivity index (χ2n) is 4.38. The molecule has 0 saturated heterocycles. The lowest BCUT2D eigenvalue weighted by atomic mass is 10.1. The number of carboxylic acids is 1. The zero-order chi connectivity index (χ0) is 17.4. The van der Waals surface area contributed by atoms with E-state index in [1.165, 1.54) is 20.1 Å². The van der Waals surface area contributed by atoms with E-state index in [0.717, 1.165) is 6.20 Å². The Morgan fingerprint density at radius 3 is 2.57 bits per heavy atom. The Bertz CT molecular complexity index is 691. The Labute approximate surface area is 132 Å². The predicted octanol–water partition coefficient (Wildman–Crippen LogP) is 0.882. The van der Waals surface area contributed by atoms with Crippen LogP contribution in [0.4, 0.5) is 5.69 Å². The molecule has 8 nitrogen and oxygen atoms in total. The summed E-state index contributed by atoms with van der Waals surface area (Å²) in [7, 11) is 1.23. The molecule has 1 unspecified atom stereocenters. The Morgan fingerprint density at radius 2 is 2.00 bits per heavy atom. The molecule has 8 heteroatoms. The van der Waals surface area contributed by atoms with Crippen molar-refractivity contribution in [3.63, 3.8) is 0 Å². The number of para-hydroxylation sites is 1. The van der Waals surface area contributed by atoms with Crippen molar-refractivity contribution in [2.45, 2.75) is 13.0 Å². The van der Waals surface area contributed by atoms with Crippen molar-refractivity contribution in [1.82, 2.24) is 5.32 Å². The summed E-state index contributed by atoms with van der Waals surface area (Å²) in [6.07, 6.45) is 1.09. The van der Waals surface area contributed by atoms with Crippen molar-refractivity contribution >= 4 is 23.5 Å². The van der Waals surface area contributed by atoms with Crippen LogP contribution in [0.2, 0.25) is 0 Å². The maximum absolute atomic E-state index is 11.8. The van der Waals surface area contributed by atoms with E-state index in [0.29, 0.717) is 5.69 Å². The minimum absolute atomic E-state index is 0.225. The summed E-state index contributed by atoms with van der Waals surface area (Å²) in [5.74, 6) is -2.64. The molecule has 0 aliphatic heterocycles. The number of carbonyl (C=O) groups is 3. The van der Waals surface area contributed by atoms with Crippen LogP contribution in [0.25, 0.3) is 0 Å². The number of benzene rings is 1. The third-order valence-corrected chi connectivity index (χ3v) is 2.79. The molecule has 0 aliphatic rings. The SMILES string of the molecule is COC(=O)c1ccccc1N/C=C(/C#N)C(=O)NC(C)C(=O)O. The molecule has 0 heterocycles. The smallest absolute Gasteiger partial charge is 0.339 e. The minimum atomic E-state index is -1.22. The standard InChI is InChI=1S/C15H15N3O5/c1-9(14(20)21)18-13(19)10(7-16)8-17-12-6-4-3-5-11(12)15(22)23-2/h3-6,8-9,17H,1-2H3,(H,18,19)(H,20,21)/b10-8-. The van der Waals surface area contributed by atoms with Crippen molar-refractivity contribution in [2.24, 2.45) is 0 Å². The van der Waals surface area contributed by atoms with Crippen molar-refractivity contribution in [3.05, 3.63) is 41.6 Å². The molecular formula is C15H15N3O5. The highest BCUT2D eigenvalue weighted by molar-refractivity contribution is 6.00. The first kappa shape index (κ1) is 17.7. The van der Waals surface area contributed by atoms with Gasteiger partial charge >= 0.3 is 11.9 Å². The normalized spacial score (nSPS) is 11.8. The summed E-state index contributed by atoms with van der Waals surface area (Å²) in [6, 6.07) is 6.89. The van der Waals surface area contributed by atoms with Gasteiger partial charge in [0.15, 0.2) is 0 Å². The van der Waals surface area contributed by atoms with Crippen LogP contribution in [-0.4, -0.2) is 36.1 Å². The Hall–Kier alpha value is -3.34. The molecule has 1 atom stereocenters. The number of ether oxygens (including phenoxy) is 1. The van der Waals surface area contributed by atoms with Crippen molar-refractivity contribution < 1.29 is 24.2 Å². The number of anilines is 1. The fourth-order valence-corrected chi connectivity index (χ4v) is 1.53. The van der Waals surface area contributed by atoms with Gasteiger partial charge in [0.25, 0.3) is 5.91 Å². The number of methoxy groups -OCH3 is 1. The first-order chi connectivity index (χ1) is 10.9. The van der Waals surface area contributed by atoms with Crippen LogP contribution < -0.4 is 10.6 Å². The van der Waals surface area contributed by atoms with Gasteiger partial charge < -0.3 is 20.5 Å². The van der Waals surface area contributed by atoms with E-state index in [-0.39, 0.29) is 11.1 Å². The van der Waals surface area contributed by atoms with Crippen LogP contribution in [0.3, 0.4) is 0 Å². The van der Waals surface area contributed by atoms with Crippen LogP contribution in [0.15, 0.2) is 36.0 Å². The highest BCUT2D eigenvalue weighted by Gasteiger charge is 2.17. The van der Waals surface area contributed by atoms with E-state index in [1.807, 2.05) is 0 Å². The number of nitriles is 1. The summed E-state index contributed by atoms with van der Waals surface area (Å²) in [5, 5.41) is 22.5. The minimum Gasteiger partial charge on any atom is -0.480 e. The molecule has 0 bridgehead atoms. The van der Waals surface area contributed by atoms with Crippen molar-refractivity contribution in [1.29, 1.82) is 5.26 Å². The molecular weight excluding hydrogens is 302 g/mol. The van der Waals surface area contributed by atoms with Gasteiger partial charge in [-0.1, -0.05) is 12.1 Å². The second-order valence-corrected chi connectivity index (χ2v) is 4.38. The lowest BCUT2D eigenvalue weighted by Gasteiger charge is -2.10. The molecule has 1 rings (SSSR count). The van der Waals surface area contributed by atoms with Gasteiger partial charge in [-0.05, 0) is 19.1 Å². The Balaban J connectivity index is 2.94. The zero-order valence-corrected chi connectivity index (χ0v) is 12.5. The first-order valence-corrected chi connectivity index (χ1v) is 6.48. The van der Waals surface area contributed by atoms with E-state index >= 15 is 0 Å². The van der Waals surface area contributed by atoms with Crippen LogP contribution >= 0.6 is 0 Å². The highest BCUT2D eigenvalue weighted by Crippen LogP contribution is 2.16. The number of nitrogens with zero attached hydrogens (tertiary/aromatic N) is 1. The third kappa shape index (κ3) is 4.86. The van der Waals surface area contributed by atoms with Crippen LogP contribution in [0, 0.1) is 11.3 Å². The summed E-state index contributed by atoms with van der Waals surface area (Å²) in [4.78, 5) is 34.1. The predicted molar refractivity (Wildman–Crippen MR) is 80.3 cm³/mol. The second kappa shape index (κ2) is 8.19. The number of rotatable bonds is 6. The van der Waals surface area contributed by atoms with Crippen molar-refractivity contribution in [3.8, 4) is 6.07 Å². The Kier molecular flexibility index (Phi) is 6.30. The largest absolute Gasteiger partial charge is 0.480 e. The van der Waals surface area contributed by atoms with Crippen LogP contribution in [-0.2, 0) is 14.3 Å². The molecule has 1 aromatic carbocycles. The van der Waals surface area contributed by atoms with E-state index < -0.39 is 23.9 Å². The Morgan fingerprint density at radius 1 is 1.35 bits per heavy atom. The van der Waals surface area contributed by atoms with Crippen LogP contribution in [0.1, 0.15) is 17.3 Å². The zero-order valence-electron chi connectivity index (χ0n) is 12.5. The quantitative estimate of drug-likeness (QED) is 0.403. The lowest BCUT2D eigenvalue weighted by molar-refractivity contribution is -0.140. The summed E-state index contributed by atoms with van der Waals surface area (Å²) in [6.45, 7) is 1.27. The average molecular weight is 317 g/mol. The number of hydrogen-bond donors (Lipinski definition) is 3. The first-order valence-electron chi connectivity index (χ1n) is 6.48. The molecule has 23 heavy (non-hydrogen) atoms. The molecule has 1 aromatic rings. The fraction of sp³-hybridized carbons (Fsp3) is 0.200. The molecule has 120 valence electrons. The number of carbonyl (C=O) groups excluding carboxylic acids is 2. The number of aliphatic carboxylic acids is 1. The van der Waals surface area contributed by atoms with E-state index in [4.69, 9.17) is 10.4 Å². The summed E-state index contributed by atoms with van der Waals surface area (Å²) < 4.78 is 4.63. The van der Waals surface area contributed by atoms with Gasteiger partial charge in [-0.25, -0.2) is 4.79 Å². The third-order valence-electron chi connectivity index (χ3n) is 2.79. The maximum Gasteiger partial charge on any atom is 0.339 e. The lowest BCUT2D eigenvalue weighted by Crippen LogP contribution is -2.39. The van der Waals surface area contributed by atoms with Crippen LogP contribution in [0.5, 0.6) is 0 Å². The topological polar surface area (TPSA) is 129 Å². The molecule has 0 aromatic heterocycles.